The molecule has 1 aliphatic heterocycles. The molecule has 0 saturated carbocycles. The average Bonchev–Trinajstić information content (AvgIpc) is 2.87. The van der Waals surface area contributed by atoms with Crippen LogP contribution in [-0.2, 0) is 6.42 Å². The van der Waals surface area contributed by atoms with E-state index >= 15 is 0 Å². The highest BCUT2D eigenvalue weighted by molar-refractivity contribution is 6.08. The Hall–Kier alpha value is -2.23. The summed E-state index contributed by atoms with van der Waals surface area (Å²) in [6.45, 7) is 2.52. The minimum absolute atomic E-state index is 0.186. The maximum Gasteiger partial charge on any atom is 0.233 e. The number of ketones is 1. The fourth-order valence-electron chi connectivity index (χ4n) is 2.02. The Kier molecular flexibility index (Phi) is 2.55. The summed E-state index contributed by atoms with van der Waals surface area (Å²) in [6, 6.07) is 5.61. The standard InChI is InChI=1S/C14H12N2O2/c1-9-7-15-14(16-8-9)12(17)11-4-2-3-10-5-6-18-13(10)11/h2-4,7-8H,5-6H2,1H3. The monoisotopic (exact) mass is 240 g/mol. The third kappa shape index (κ3) is 1.76. The molecule has 0 radical (unpaired) electrons. The molecule has 4 heteroatoms. The number of carbonyl (C=O) groups is 1. The van der Waals surface area contributed by atoms with Gasteiger partial charge in [-0.05, 0) is 24.1 Å². The van der Waals surface area contributed by atoms with Crippen molar-refractivity contribution in [3.8, 4) is 5.75 Å². The molecular formula is C14H12N2O2. The second-order valence-electron chi connectivity index (χ2n) is 4.31. The first kappa shape index (κ1) is 10.9. The van der Waals surface area contributed by atoms with Crippen LogP contribution in [-0.4, -0.2) is 22.4 Å². The summed E-state index contributed by atoms with van der Waals surface area (Å²) >= 11 is 0. The molecule has 0 amide bonds. The van der Waals surface area contributed by atoms with Gasteiger partial charge in [-0.15, -0.1) is 0 Å². The van der Waals surface area contributed by atoms with E-state index in [1.54, 1.807) is 18.5 Å². The highest BCUT2D eigenvalue weighted by Crippen LogP contribution is 2.30. The number of ether oxygens (including phenoxy) is 1. The van der Waals surface area contributed by atoms with E-state index in [0.29, 0.717) is 17.9 Å². The van der Waals surface area contributed by atoms with Crippen molar-refractivity contribution in [3.05, 3.63) is 53.1 Å². The van der Waals surface area contributed by atoms with E-state index in [1.165, 1.54) is 0 Å². The first-order valence-corrected chi connectivity index (χ1v) is 5.84. The number of fused-ring (bicyclic) bond motifs is 1. The van der Waals surface area contributed by atoms with Crippen molar-refractivity contribution in [3.63, 3.8) is 0 Å². The number of hydrogen-bond acceptors (Lipinski definition) is 4. The minimum Gasteiger partial charge on any atom is -0.492 e. The van der Waals surface area contributed by atoms with Gasteiger partial charge in [0, 0.05) is 18.8 Å². The second-order valence-corrected chi connectivity index (χ2v) is 4.31. The van der Waals surface area contributed by atoms with Crippen molar-refractivity contribution >= 4 is 5.78 Å². The lowest BCUT2D eigenvalue weighted by atomic mass is 10.0. The molecule has 1 aromatic carbocycles. The van der Waals surface area contributed by atoms with Gasteiger partial charge < -0.3 is 4.74 Å². The van der Waals surface area contributed by atoms with Crippen LogP contribution < -0.4 is 4.74 Å². The molecule has 1 aromatic heterocycles. The van der Waals surface area contributed by atoms with Crippen LogP contribution in [0, 0.1) is 6.92 Å². The van der Waals surface area contributed by atoms with E-state index in [4.69, 9.17) is 4.74 Å². The number of para-hydroxylation sites is 1. The molecule has 18 heavy (non-hydrogen) atoms. The molecule has 0 saturated heterocycles. The molecule has 4 nitrogen and oxygen atoms in total. The van der Waals surface area contributed by atoms with Crippen molar-refractivity contribution in [1.82, 2.24) is 9.97 Å². The van der Waals surface area contributed by atoms with E-state index in [0.717, 1.165) is 17.5 Å². The Balaban J connectivity index is 2.03. The van der Waals surface area contributed by atoms with Crippen LogP contribution >= 0.6 is 0 Å². The summed E-state index contributed by atoms with van der Waals surface area (Å²) in [7, 11) is 0. The summed E-state index contributed by atoms with van der Waals surface area (Å²) < 4.78 is 5.52. The van der Waals surface area contributed by atoms with Crippen LogP contribution in [0.3, 0.4) is 0 Å². The largest absolute Gasteiger partial charge is 0.492 e. The highest BCUT2D eigenvalue weighted by Gasteiger charge is 2.22. The Bertz CT molecular complexity index is 606. The van der Waals surface area contributed by atoms with E-state index in [9.17, 15) is 4.79 Å². The van der Waals surface area contributed by atoms with Gasteiger partial charge in [0.15, 0.2) is 0 Å². The fraction of sp³-hybridized carbons (Fsp3) is 0.214. The average molecular weight is 240 g/mol. The van der Waals surface area contributed by atoms with Gasteiger partial charge in [0.1, 0.15) is 5.75 Å². The first-order chi connectivity index (χ1) is 8.75. The smallest absolute Gasteiger partial charge is 0.233 e. The molecule has 0 fully saturated rings. The molecular weight excluding hydrogens is 228 g/mol. The van der Waals surface area contributed by atoms with Crippen LogP contribution in [0.15, 0.2) is 30.6 Å². The maximum atomic E-state index is 12.3. The third-order valence-corrected chi connectivity index (χ3v) is 2.94. The molecule has 2 heterocycles. The van der Waals surface area contributed by atoms with E-state index < -0.39 is 0 Å². The lowest BCUT2D eigenvalue weighted by molar-refractivity contribution is 0.102. The Labute approximate surface area is 105 Å². The summed E-state index contributed by atoms with van der Waals surface area (Å²) in [5.41, 5.74) is 2.56. The van der Waals surface area contributed by atoms with Gasteiger partial charge in [0.05, 0.1) is 12.2 Å². The number of nitrogens with zero attached hydrogens (tertiary/aromatic N) is 2. The molecule has 0 bridgehead atoms. The summed E-state index contributed by atoms with van der Waals surface area (Å²) in [5, 5.41) is 0. The van der Waals surface area contributed by atoms with Gasteiger partial charge in [-0.2, -0.15) is 0 Å². The Morgan fingerprint density at radius 1 is 1.28 bits per heavy atom. The van der Waals surface area contributed by atoms with E-state index in [2.05, 4.69) is 9.97 Å². The number of rotatable bonds is 2. The van der Waals surface area contributed by atoms with Crippen molar-refractivity contribution < 1.29 is 9.53 Å². The molecule has 0 N–H and O–H groups in total. The van der Waals surface area contributed by atoms with Crippen molar-refractivity contribution in [1.29, 1.82) is 0 Å². The van der Waals surface area contributed by atoms with Crippen molar-refractivity contribution in [2.24, 2.45) is 0 Å². The lowest BCUT2D eigenvalue weighted by Gasteiger charge is -2.06. The SMILES string of the molecule is Cc1cnc(C(=O)c2cccc3c2OCC3)nc1. The molecule has 0 unspecified atom stereocenters. The van der Waals surface area contributed by atoms with Crippen molar-refractivity contribution in [2.75, 3.05) is 6.61 Å². The number of aryl methyl sites for hydroxylation is 1. The number of aromatic nitrogens is 2. The van der Waals surface area contributed by atoms with Crippen LogP contribution in [0.25, 0.3) is 0 Å². The van der Waals surface area contributed by atoms with Crippen LogP contribution in [0.1, 0.15) is 27.3 Å². The highest BCUT2D eigenvalue weighted by atomic mass is 16.5. The molecule has 0 aliphatic carbocycles. The molecule has 0 spiro atoms. The molecule has 1 aliphatic rings. The molecule has 0 atom stereocenters. The van der Waals surface area contributed by atoms with Crippen LogP contribution in [0.4, 0.5) is 0 Å². The van der Waals surface area contributed by atoms with Gasteiger partial charge in [0.25, 0.3) is 0 Å². The number of carbonyl (C=O) groups excluding carboxylic acids is 1. The van der Waals surface area contributed by atoms with Gasteiger partial charge in [-0.1, -0.05) is 12.1 Å². The van der Waals surface area contributed by atoms with Crippen LogP contribution in [0.2, 0.25) is 0 Å². The van der Waals surface area contributed by atoms with Crippen molar-refractivity contribution in [2.45, 2.75) is 13.3 Å². The number of hydrogen-bond donors (Lipinski definition) is 0. The lowest BCUT2D eigenvalue weighted by Crippen LogP contribution is -2.08. The second kappa shape index (κ2) is 4.22. The minimum atomic E-state index is -0.186. The summed E-state index contributed by atoms with van der Waals surface area (Å²) in [5.74, 6) is 0.713. The Morgan fingerprint density at radius 2 is 2.06 bits per heavy atom. The summed E-state index contributed by atoms with van der Waals surface area (Å²) in [6.07, 6.45) is 4.14. The zero-order valence-electron chi connectivity index (χ0n) is 10.0. The fourth-order valence-corrected chi connectivity index (χ4v) is 2.02. The van der Waals surface area contributed by atoms with E-state index in [-0.39, 0.29) is 11.6 Å². The van der Waals surface area contributed by atoms with E-state index in [1.807, 2.05) is 19.1 Å². The predicted molar refractivity (Wildman–Crippen MR) is 65.8 cm³/mol. The quantitative estimate of drug-likeness (QED) is 0.753. The van der Waals surface area contributed by atoms with Gasteiger partial charge in [0.2, 0.25) is 11.6 Å². The third-order valence-electron chi connectivity index (χ3n) is 2.94. The first-order valence-electron chi connectivity index (χ1n) is 5.84. The number of benzene rings is 1. The van der Waals surface area contributed by atoms with Crippen LogP contribution in [0.5, 0.6) is 5.75 Å². The molecule has 2 aromatic rings. The van der Waals surface area contributed by atoms with Gasteiger partial charge in [-0.3, -0.25) is 4.79 Å². The normalized spacial score (nSPS) is 12.9. The van der Waals surface area contributed by atoms with Gasteiger partial charge in [-0.25, -0.2) is 9.97 Å². The Morgan fingerprint density at radius 3 is 2.83 bits per heavy atom. The summed E-state index contributed by atoms with van der Waals surface area (Å²) in [4.78, 5) is 20.4. The zero-order chi connectivity index (χ0) is 12.5. The van der Waals surface area contributed by atoms with Gasteiger partial charge >= 0.3 is 0 Å². The maximum absolute atomic E-state index is 12.3. The topological polar surface area (TPSA) is 52.1 Å². The zero-order valence-corrected chi connectivity index (χ0v) is 10.0. The molecule has 3 rings (SSSR count). The predicted octanol–water partition coefficient (Wildman–Crippen LogP) is 1.95. The molecule has 90 valence electrons.